The average Bonchev–Trinajstić information content (AvgIpc) is 2.12. The van der Waals surface area contributed by atoms with Crippen LogP contribution in [0.5, 0.6) is 0 Å². The van der Waals surface area contributed by atoms with Crippen molar-refractivity contribution in [2.75, 3.05) is 26.9 Å². The molecule has 0 aromatic rings. The first-order valence-corrected chi connectivity index (χ1v) is 7.74. The average molecular weight is 294 g/mol. The van der Waals surface area contributed by atoms with Crippen LogP contribution in [-0.4, -0.2) is 52.3 Å². The van der Waals surface area contributed by atoms with E-state index in [4.69, 9.17) is 24.3 Å². The number of ether oxygens (including phenoxy) is 2. The molecule has 17 heavy (non-hydrogen) atoms. The van der Waals surface area contributed by atoms with E-state index in [1.807, 2.05) is 0 Å². The van der Waals surface area contributed by atoms with Crippen molar-refractivity contribution in [2.24, 2.45) is 0 Å². The Bertz CT molecular complexity index is 294. The van der Waals surface area contributed by atoms with Gasteiger partial charge < -0.3 is 29.0 Å². The van der Waals surface area contributed by atoms with Crippen LogP contribution < -0.4 is 0 Å². The molecule has 1 atom stereocenters. The maximum absolute atomic E-state index is 10.9. The molecule has 9 nitrogen and oxygen atoms in total. The predicted molar refractivity (Wildman–Crippen MR) is 56.3 cm³/mol. The molecule has 104 valence electrons. The third-order valence-corrected chi connectivity index (χ3v) is 3.38. The normalized spacial score (nSPS) is 14.9. The molecule has 0 amide bonds. The SMILES string of the molecule is COCCOCCC(OP(=O)(O)O)P(=O)(O)O. The van der Waals surface area contributed by atoms with Crippen LogP contribution in [0.3, 0.4) is 0 Å². The Labute approximate surface area is 98.1 Å². The fourth-order valence-corrected chi connectivity index (χ4v) is 2.59. The molecule has 0 bridgehead atoms. The number of hydrogen-bond donors (Lipinski definition) is 4. The second-order valence-corrected chi connectivity index (χ2v) is 5.98. The highest BCUT2D eigenvalue weighted by Gasteiger charge is 2.35. The summed E-state index contributed by atoms with van der Waals surface area (Å²) in [6.45, 7) is 0.402. The lowest BCUT2D eigenvalue weighted by Crippen LogP contribution is -2.16. The van der Waals surface area contributed by atoms with Gasteiger partial charge in [-0.2, -0.15) is 0 Å². The van der Waals surface area contributed by atoms with Crippen molar-refractivity contribution < 1.29 is 42.7 Å². The van der Waals surface area contributed by atoms with Gasteiger partial charge in [0.05, 0.1) is 13.2 Å². The van der Waals surface area contributed by atoms with E-state index in [2.05, 4.69) is 9.26 Å². The summed E-state index contributed by atoms with van der Waals surface area (Å²) in [5, 5.41) is 0. The van der Waals surface area contributed by atoms with E-state index in [0.29, 0.717) is 6.61 Å². The summed E-state index contributed by atoms with van der Waals surface area (Å²) in [6, 6.07) is 0. The van der Waals surface area contributed by atoms with Gasteiger partial charge in [0.2, 0.25) is 0 Å². The molecule has 0 saturated heterocycles. The zero-order valence-corrected chi connectivity index (χ0v) is 10.9. The molecular formula is C6H16O9P2. The summed E-state index contributed by atoms with van der Waals surface area (Å²) in [5.74, 6) is -1.88. The lowest BCUT2D eigenvalue weighted by atomic mass is 10.5. The number of methoxy groups -OCH3 is 1. The fraction of sp³-hybridized carbons (Fsp3) is 1.00. The Morgan fingerprint density at radius 2 is 1.65 bits per heavy atom. The van der Waals surface area contributed by atoms with Crippen LogP contribution in [0.15, 0.2) is 0 Å². The Kier molecular flexibility index (Phi) is 7.66. The second kappa shape index (κ2) is 7.58. The molecule has 0 saturated carbocycles. The molecule has 0 radical (unpaired) electrons. The monoisotopic (exact) mass is 294 g/mol. The van der Waals surface area contributed by atoms with Crippen LogP contribution in [0.2, 0.25) is 0 Å². The molecule has 11 heteroatoms. The molecule has 0 heterocycles. The van der Waals surface area contributed by atoms with Gasteiger partial charge in [0.25, 0.3) is 0 Å². The standard InChI is InChI=1S/C6H16O9P2/c1-13-4-5-14-3-2-6(16(7,8)9)15-17(10,11)12/h6H,2-5H2,1H3,(H2,7,8,9)(H2,10,11,12). The smallest absolute Gasteiger partial charge is 0.382 e. The quantitative estimate of drug-likeness (QED) is 0.331. The van der Waals surface area contributed by atoms with Gasteiger partial charge in [-0.25, -0.2) is 4.57 Å². The van der Waals surface area contributed by atoms with E-state index in [1.165, 1.54) is 7.11 Å². The van der Waals surface area contributed by atoms with Crippen LogP contribution in [0.25, 0.3) is 0 Å². The van der Waals surface area contributed by atoms with Gasteiger partial charge in [0, 0.05) is 20.1 Å². The highest BCUT2D eigenvalue weighted by molar-refractivity contribution is 7.53. The minimum absolute atomic E-state index is 0.112. The van der Waals surface area contributed by atoms with Gasteiger partial charge in [-0.1, -0.05) is 0 Å². The highest BCUT2D eigenvalue weighted by Crippen LogP contribution is 2.51. The molecule has 0 spiro atoms. The first-order valence-electron chi connectivity index (χ1n) is 4.52. The Morgan fingerprint density at radius 3 is 2.06 bits per heavy atom. The van der Waals surface area contributed by atoms with Crippen molar-refractivity contribution in [1.82, 2.24) is 0 Å². The summed E-state index contributed by atoms with van der Waals surface area (Å²) < 4.78 is 34.9. The fourth-order valence-electron chi connectivity index (χ4n) is 0.869. The lowest BCUT2D eigenvalue weighted by molar-refractivity contribution is 0.0544. The molecule has 0 aliphatic carbocycles. The summed E-state index contributed by atoms with van der Waals surface area (Å²) in [7, 11) is -8.25. The minimum Gasteiger partial charge on any atom is -0.382 e. The van der Waals surface area contributed by atoms with Crippen LogP contribution in [0.4, 0.5) is 0 Å². The van der Waals surface area contributed by atoms with Crippen LogP contribution in [0.1, 0.15) is 6.42 Å². The minimum atomic E-state index is -4.95. The van der Waals surface area contributed by atoms with E-state index in [-0.39, 0.29) is 19.6 Å². The molecule has 0 aromatic heterocycles. The van der Waals surface area contributed by atoms with Gasteiger partial charge in [-0.15, -0.1) is 0 Å². The Balaban J connectivity index is 4.14. The van der Waals surface area contributed by atoms with Crippen LogP contribution >= 0.6 is 15.4 Å². The predicted octanol–water partition coefficient (Wildman–Crippen LogP) is -0.347. The third-order valence-electron chi connectivity index (χ3n) is 1.58. The first-order chi connectivity index (χ1) is 7.67. The van der Waals surface area contributed by atoms with Crippen molar-refractivity contribution in [3.05, 3.63) is 0 Å². The third kappa shape index (κ3) is 9.84. The van der Waals surface area contributed by atoms with Crippen molar-refractivity contribution in [3.63, 3.8) is 0 Å². The molecule has 1 unspecified atom stereocenters. The maximum atomic E-state index is 10.9. The van der Waals surface area contributed by atoms with Crippen molar-refractivity contribution in [1.29, 1.82) is 0 Å². The molecule has 0 aliphatic rings. The van der Waals surface area contributed by atoms with Crippen LogP contribution in [0, 0.1) is 0 Å². The molecule has 0 fully saturated rings. The van der Waals surface area contributed by atoms with Gasteiger partial charge in [-0.3, -0.25) is 9.09 Å². The van der Waals surface area contributed by atoms with Crippen molar-refractivity contribution in [3.8, 4) is 0 Å². The van der Waals surface area contributed by atoms with Gasteiger partial charge >= 0.3 is 15.4 Å². The summed E-state index contributed by atoms with van der Waals surface area (Å²) in [5.41, 5.74) is 0. The first kappa shape index (κ1) is 17.2. The maximum Gasteiger partial charge on any atom is 0.470 e. The molecular weight excluding hydrogens is 278 g/mol. The number of phosphoric acid groups is 1. The van der Waals surface area contributed by atoms with E-state index in [9.17, 15) is 9.13 Å². The highest BCUT2D eigenvalue weighted by atomic mass is 31.2. The van der Waals surface area contributed by atoms with E-state index in [0.717, 1.165) is 0 Å². The molecule has 4 N–H and O–H groups in total. The Hall–Kier alpha value is 0.180. The second-order valence-electron chi connectivity index (χ2n) is 3.03. The molecule has 0 aromatic carbocycles. The number of hydrogen-bond acceptors (Lipinski definition) is 5. The van der Waals surface area contributed by atoms with Gasteiger partial charge in [-0.05, 0) is 0 Å². The van der Waals surface area contributed by atoms with E-state index in [1.54, 1.807) is 0 Å². The Morgan fingerprint density at radius 1 is 1.06 bits per heavy atom. The lowest BCUT2D eigenvalue weighted by Gasteiger charge is -2.19. The van der Waals surface area contributed by atoms with Gasteiger partial charge in [0.1, 0.15) is 0 Å². The van der Waals surface area contributed by atoms with Crippen molar-refractivity contribution in [2.45, 2.75) is 12.3 Å². The summed E-state index contributed by atoms with van der Waals surface area (Å²) in [4.78, 5) is 34.6. The van der Waals surface area contributed by atoms with Crippen LogP contribution in [-0.2, 0) is 23.1 Å². The number of phosphoric ester groups is 1. The summed E-state index contributed by atoms with van der Waals surface area (Å²) in [6.07, 6.45) is -0.334. The van der Waals surface area contributed by atoms with Crippen molar-refractivity contribution >= 4 is 15.4 Å². The largest absolute Gasteiger partial charge is 0.470 e. The zero-order valence-electron chi connectivity index (χ0n) is 9.13. The zero-order chi connectivity index (χ0) is 13.5. The van der Waals surface area contributed by atoms with Gasteiger partial charge in [0.15, 0.2) is 5.85 Å². The molecule has 0 rings (SSSR count). The molecule has 0 aliphatic heterocycles. The van der Waals surface area contributed by atoms with E-state index < -0.39 is 21.3 Å². The van der Waals surface area contributed by atoms with E-state index >= 15 is 0 Å². The summed E-state index contributed by atoms with van der Waals surface area (Å²) >= 11 is 0. The topological polar surface area (TPSA) is 143 Å². The number of rotatable bonds is 9.